The Bertz CT molecular complexity index is 1470. The van der Waals surface area contributed by atoms with E-state index in [4.69, 9.17) is 23.2 Å². The van der Waals surface area contributed by atoms with Crippen LogP contribution < -0.4 is 10.2 Å². The van der Waals surface area contributed by atoms with Crippen LogP contribution in [0.4, 0.5) is 14.5 Å². The molecule has 9 nitrogen and oxygen atoms in total. The fourth-order valence-corrected chi connectivity index (χ4v) is 6.94. The van der Waals surface area contributed by atoms with Gasteiger partial charge in [-0.05, 0) is 36.6 Å². The standard InChI is InChI=1S/C29H29Cl2F2N5O4/c30-19-5-2-6-20(25(19)31)35-11-13-36(14-12-35)22-9-10-37(16-29(22,32)33)27(41)18-4-1-3-17-15-38(28(42)24(17)18)21-7-8-23(39)34-26(21)40/h1-6,21-22H,7-16H2,(H,34,39,40). The summed E-state index contributed by atoms with van der Waals surface area (Å²) in [6, 6.07) is 8.28. The molecular weight excluding hydrogens is 591 g/mol. The third kappa shape index (κ3) is 5.11. The minimum atomic E-state index is -3.16. The van der Waals surface area contributed by atoms with E-state index in [1.54, 1.807) is 29.2 Å². The molecule has 6 rings (SSSR count). The van der Waals surface area contributed by atoms with E-state index in [1.807, 2.05) is 11.0 Å². The molecule has 0 bridgehead atoms. The summed E-state index contributed by atoms with van der Waals surface area (Å²) in [7, 11) is 0. The highest BCUT2D eigenvalue weighted by molar-refractivity contribution is 6.43. The van der Waals surface area contributed by atoms with Crippen LogP contribution in [0, 0.1) is 0 Å². The second-order valence-electron chi connectivity index (χ2n) is 11.1. The van der Waals surface area contributed by atoms with E-state index in [2.05, 4.69) is 5.32 Å². The molecule has 2 aromatic carbocycles. The lowest BCUT2D eigenvalue weighted by Gasteiger charge is -2.46. The van der Waals surface area contributed by atoms with Crippen molar-refractivity contribution in [3.63, 3.8) is 0 Å². The van der Waals surface area contributed by atoms with E-state index >= 15 is 8.78 Å². The number of amides is 4. The number of carbonyl (C=O) groups is 4. The molecule has 42 heavy (non-hydrogen) atoms. The number of benzene rings is 2. The SMILES string of the molecule is O=C1CCC(N2Cc3cccc(C(=O)N4CCC(N5CCN(c6cccc(Cl)c6Cl)CC5)C(F)(F)C4)c3C2=O)C(=O)N1. The Morgan fingerprint density at radius 3 is 2.40 bits per heavy atom. The predicted molar refractivity (Wildman–Crippen MR) is 152 cm³/mol. The maximum atomic E-state index is 15.6. The van der Waals surface area contributed by atoms with Crippen molar-refractivity contribution in [2.45, 2.75) is 43.8 Å². The van der Waals surface area contributed by atoms with Gasteiger partial charge in [0, 0.05) is 45.7 Å². The number of likely N-dealkylation sites (tertiary alicyclic amines) is 1. The molecule has 4 aliphatic heterocycles. The number of imide groups is 1. The highest BCUT2D eigenvalue weighted by Gasteiger charge is 2.50. The molecule has 2 unspecified atom stereocenters. The average Bonchev–Trinajstić information content (AvgIpc) is 3.30. The second kappa shape index (κ2) is 11.1. The molecule has 4 heterocycles. The quantitative estimate of drug-likeness (QED) is 0.527. The summed E-state index contributed by atoms with van der Waals surface area (Å²) in [5.74, 6) is -5.26. The number of piperazine rings is 1. The first-order valence-electron chi connectivity index (χ1n) is 13.9. The van der Waals surface area contributed by atoms with E-state index in [-0.39, 0.29) is 43.5 Å². The lowest BCUT2D eigenvalue weighted by Crippen LogP contribution is -2.62. The van der Waals surface area contributed by atoms with Crippen molar-refractivity contribution >= 4 is 52.5 Å². The van der Waals surface area contributed by atoms with E-state index in [0.29, 0.717) is 41.8 Å². The maximum absolute atomic E-state index is 15.6. The van der Waals surface area contributed by atoms with Crippen LogP contribution in [0.3, 0.4) is 0 Å². The summed E-state index contributed by atoms with van der Waals surface area (Å²) >= 11 is 12.5. The van der Waals surface area contributed by atoms with Gasteiger partial charge in [-0.25, -0.2) is 8.78 Å². The van der Waals surface area contributed by atoms with Crippen LogP contribution in [0.15, 0.2) is 36.4 Å². The van der Waals surface area contributed by atoms with Gasteiger partial charge < -0.3 is 14.7 Å². The Labute approximate surface area is 251 Å². The van der Waals surface area contributed by atoms with Crippen LogP contribution in [0.2, 0.25) is 10.0 Å². The lowest BCUT2D eigenvalue weighted by molar-refractivity contribution is -0.136. The number of halogens is 4. The number of carbonyl (C=O) groups excluding carboxylic acids is 4. The van der Waals surface area contributed by atoms with Gasteiger partial charge in [-0.2, -0.15) is 0 Å². The number of nitrogens with one attached hydrogen (secondary N) is 1. The van der Waals surface area contributed by atoms with Gasteiger partial charge in [-0.3, -0.25) is 29.4 Å². The molecule has 4 aliphatic rings. The number of fused-ring (bicyclic) bond motifs is 1. The van der Waals surface area contributed by atoms with Crippen molar-refractivity contribution in [3.05, 3.63) is 63.1 Å². The molecular formula is C29H29Cl2F2N5O4. The van der Waals surface area contributed by atoms with Crippen molar-refractivity contribution in [3.8, 4) is 0 Å². The predicted octanol–water partition coefficient (Wildman–Crippen LogP) is 3.43. The van der Waals surface area contributed by atoms with Crippen LogP contribution in [-0.2, 0) is 16.1 Å². The maximum Gasteiger partial charge on any atom is 0.280 e. The minimum absolute atomic E-state index is 0.0496. The van der Waals surface area contributed by atoms with E-state index in [1.165, 1.54) is 11.0 Å². The molecule has 0 aliphatic carbocycles. The third-order valence-corrected chi connectivity index (χ3v) is 9.47. The monoisotopic (exact) mass is 619 g/mol. The largest absolute Gasteiger partial charge is 0.368 e. The number of rotatable bonds is 4. The molecule has 2 aromatic rings. The van der Waals surface area contributed by atoms with Gasteiger partial charge in [0.25, 0.3) is 17.7 Å². The molecule has 1 N–H and O–H groups in total. The second-order valence-corrected chi connectivity index (χ2v) is 11.9. The van der Waals surface area contributed by atoms with Gasteiger partial charge in [0.1, 0.15) is 6.04 Å². The fraction of sp³-hybridized carbons (Fsp3) is 0.448. The minimum Gasteiger partial charge on any atom is -0.368 e. The Hall–Kier alpha value is -3.28. The molecule has 13 heteroatoms. The van der Waals surface area contributed by atoms with E-state index < -0.39 is 48.2 Å². The summed E-state index contributed by atoms with van der Waals surface area (Å²) in [4.78, 5) is 57.2. The highest BCUT2D eigenvalue weighted by Crippen LogP contribution is 2.37. The van der Waals surface area contributed by atoms with Crippen LogP contribution >= 0.6 is 23.2 Å². The van der Waals surface area contributed by atoms with Crippen molar-refractivity contribution in [2.75, 3.05) is 44.2 Å². The van der Waals surface area contributed by atoms with Gasteiger partial charge in [-0.15, -0.1) is 0 Å². The van der Waals surface area contributed by atoms with Crippen molar-refractivity contribution in [1.29, 1.82) is 0 Å². The van der Waals surface area contributed by atoms with E-state index in [0.717, 1.165) is 10.6 Å². The average molecular weight is 620 g/mol. The Morgan fingerprint density at radius 2 is 1.69 bits per heavy atom. The zero-order valence-electron chi connectivity index (χ0n) is 22.6. The Morgan fingerprint density at radius 1 is 0.952 bits per heavy atom. The summed E-state index contributed by atoms with van der Waals surface area (Å²) in [6.07, 6.45) is 0.381. The molecule has 0 spiro atoms. The van der Waals surface area contributed by atoms with Gasteiger partial charge in [0.15, 0.2) is 0 Å². The number of alkyl halides is 2. The van der Waals surface area contributed by atoms with Crippen LogP contribution in [0.5, 0.6) is 0 Å². The molecule has 2 atom stereocenters. The third-order valence-electron chi connectivity index (χ3n) is 8.66. The van der Waals surface area contributed by atoms with Gasteiger partial charge >= 0.3 is 0 Å². The van der Waals surface area contributed by atoms with E-state index in [9.17, 15) is 19.2 Å². The summed E-state index contributed by atoms with van der Waals surface area (Å²) in [5.41, 5.74) is 1.51. The van der Waals surface area contributed by atoms with Crippen molar-refractivity contribution < 1.29 is 28.0 Å². The van der Waals surface area contributed by atoms with Crippen molar-refractivity contribution in [2.24, 2.45) is 0 Å². The van der Waals surface area contributed by atoms with Crippen LogP contribution in [-0.4, -0.2) is 95.6 Å². The Kier molecular flexibility index (Phi) is 7.61. The zero-order chi connectivity index (χ0) is 29.8. The van der Waals surface area contributed by atoms with Crippen molar-refractivity contribution in [1.82, 2.24) is 20.0 Å². The first kappa shape index (κ1) is 28.8. The highest BCUT2D eigenvalue weighted by atomic mass is 35.5. The molecule has 0 aromatic heterocycles. The fourth-order valence-electron chi connectivity index (χ4n) is 6.53. The normalized spacial score (nSPS) is 24.6. The van der Waals surface area contributed by atoms with Gasteiger partial charge in [0.2, 0.25) is 11.8 Å². The van der Waals surface area contributed by atoms with Gasteiger partial charge in [-0.1, -0.05) is 41.4 Å². The first-order chi connectivity index (χ1) is 20.0. The number of nitrogens with zero attached hydrogens (tertiary/aromatic N) is 4. The molecule has 0 radical (unpaired) electrons. The molecule has 222 valence electrons. The van der Waals surface area contributed by atoms with Crippen LogP contribution in [0.1, 0.15) is 45.5 Å². The van der Waals surface area contributed by atoms with Crippen LogP contribution in [0.25, 0.3) is 0 Å². The smallest absolute Gasteiger partial charge is 0.280 e. The number of hydrogen-bond donors (Lipinski definition) is 1. The Balaban J connectivity index is 1.13. The molecule has 3 saturated heterocycles. The number of hydrogen-bond acceptors (Lipinski definition) is 6. The molecule has 3 fully saturated rings. The zero-order valence-corrected chi connectivity index (χ0v) is 24.1. The molecule has 4 amide bonds. The summed E-state index contributed by atoms with van der Waals surface area (Å²) < 4.78 is 31.2. The number of piperidine rings is 2. The number of anilines is 1. The lowest BCUT2D eigenvalue weighted by atomic mass is 9.96. The molecule has 0 saturated carbocycles. The van der Waals surface area contributed by atoms with Gasteiger partial charge in [0.05, 0.1) is 39.4 Å². The summed E-state index contributed by atoms with van der Waals surface area (Å²) in [5, 5.41) is 3.13. The summed E-state index contributed by atoms with van der Waals surface area (Å²) in [6.45, 7) is 1.31. The topological polar surface area (TPSA) is 93.3 Å². The first-order valence-corrected chi connectivity index (χ1v) is 14.7.